The van der Waals surface area contributed by atoms with E-state index in [1.54, 1.807) is 39.8 Å². The van der Waals surface area contributed by atoms with Gasteiger partial charge >= 0.3 is 0 Å². The minimum absolute atomic E-state index is 0.125. The highest BCUT2D eigenvalue weighted by Crippen LogP contribution is 2.50. The molecular formula is C32H35N5O6. The molecule has 2 amide bonds. The minimum atomic E-state index is -0.390. The molecule has 1 aromatic heterocycles. The van der Waals surface area contributed by atoms with Gasteiger partial charge in [-0.05, 0) is 72.4 Å². The average molecular weight is 586 g/mol. The molecule has 1 aliphatic rings. The van der Waals surface area contributed by atoms with Crippen molar-refractivity contribution in [3.63, 3.8) is 0 Å². The number of ether oxygens (including phenoxy) is 3. The van der Waals surface area contributed by atoms with Crippen LogP contribution in [0.5, 0.6) is 17.2 Å². The minimum Gasteiger partial charge on any atom is -0.493 e. The summed E-state index contributed by atoms with van der Waals surface area (Å²) in [5.74, 6) is 1.16. The second-order valence-corrected chi connectivity index (χ2v) is 10.3. The van der Waals surface area contributed by atoms with Gasteiger partial charge in [-0.15, -0.1) is 0 Å². The molecule has 43 heavy (non-hydrogen) atoms. The number of rotatable bonds is 10. The fourth-order valence-corrected chi connectivity index (χ4v) is 5.56. The average Bonchev–Trinajstić information content (AvgIpc) is 3.34. The van der Waals surface area contributed by atoms with Crippen molar-refractivity contribution in [3.05, 3.63) is 70.1 Å². The highest BCUT2D eigenvalue weighted by Gasteiger charge is 2.29. The van der Waals surface area contributed by atoms with E-state index in [4.69, 9.17) is 14.2 Å². The number of fused-ring (bicyclic) bond motifs is 4. The summed E-state index contributed by atoms with van der Waals surface area (Å²) in [6.07, 6.45) is 3.59. The molecule has 0 radical (unpaired) electrons. The number of aromatic amines is 1. The Balaban J connectivity index is 1.39. The molecule has 0 unspecified atom stereocenters. The number of carbonyl (C=O) groups excluding carboxylic acids is 2. The number of imidazole rings is 1. The number of aromatic nitrogens is 2. The summed E-state index contributed by atoms with van der Waals surface area (Å²) in [6.45, 7) is 1.88. The molecule has 3 aromatic carbocycles. The van der Waals surface area contributed by atoms with Gasteiger partial charge in [0.15, 0.2) is 11.5 Å². The highest BCUT2D eigenvalue weighted by molar-refractivity contribution is 5.93. The van der Waals surface area contributed by atoms with Crippen LogP contribution in [0.2, 0.25) is 0 Å². The second-order valence-electron chi connectivity index (χ2n) is 10.3. The number of anilines is 2. The van der Waals surface area contributed by atoms with Crippen LogP contribution >= 0.6 is 0 Å². The number of methoxy groups -OCH3 is 3. The quantitative estimate of drug-likeness (QED) is 0.198. The predicted octanol–water partition coefficient (Wildman–Crippen LogP) is 4.57. The van der Waals surface area contributed by atoms with Gasteiger partial charge in [0.25, 0.3) is 0 Å². The van der Waals surface area contributed by atoms with Gasteiger partial charge in [-0.3, -0.25) is 14.4 Å². The lowest BCUT2D eigenvalue weighted by Gasteiger charge is -2.19. The van der Waals surface area contributed by atoms with Crippen LogP contribution in [0.3, 0.4) is 0 Å². The van der Waals surface area contributed by atoms with Gasteiger partial charge in [-0.25, -0.2) is 4.98 Å². The predicted molar refractivity (Wildman–Crippen MR) is 165 cm³/mol. The summed E-state index contributed by atoms with van der Waals surface area (Å²) in [7, 11) is 4.68. The molecule has 0 bridgehead atoms. The van der Waals surface area contributed by atoms with E-state index in [1.165, 1.54) is 6.92 Å². The van der Waals surface area contributed by atoms with E-state index in [0.717, 1.165) is 27.7 Å². The Kier molecular flexibility index (Phi) is 8.79. The molecule has 11 nitrogen and oxygen atoms in total. The largest absolute Gasteiger partial charge is 0.493 e. The fourth-order valence-electron chi connectivity index (χ4n) is 5.56. The van der Waals surface area contributed by atoms with Gasteiger partial charge in [0.05, 0.1) is 50.4 Å². The first kappa shape index (κ1) is 29.4. The van der Waals surface area contributed by atoms with Crippen molar-refractivity contribution in [3.8, 4) is 28.4 Å². The summed E-state index contributed by atoms with van der Waals surface area (Å²) < 4.78 is 17.1. The van der Waals surface area contributed by atoms with Crippen molar-refractivity contribution in [1.82, 2.24) is 15.3 Å². The van der Waals surface area contributed by atoms with Gasteiger partial charge in [-0.2, -0.15) is 0 Å². The van der Waals surface area contributed by atoms with Gasteiger partial charge < -0.3 is 35.1 Å². The number of carbonyl (C=O) groups is 2. The maximum absolute atomic E-state index is 13.4. The van der Waals surface area contributed by atoms with Crippen molar-refractivity contribution in [2.45, 2.75) is 38.6 Å². The third-order valence-electron chi connectivity index (χ3n) is 7.52. The molecule has 1 aliphatic carbocycles. The topological polar surface area (TPSA) is 144 Å². The normalized spacial score (nSPS) is 13.7. The molecule has 5 rings (SSSR count). The third kappa shape index (κ3) is 6.25. The van der Waals surface area contributed by atoms with Crippen molar-refractivity contribution in [2.75, 3.05) is 38.5 Å². The van der Waals surface area contributed by atoms with E-state index in [-0.39, 0.29) is 29.7 Å². The maximum Gasteiger partial charge on any atom is 0.224 e. The van der Waals surface area contributed by atoms with Gasteiger partial charge in [0, 0.05) is 31.1 Å². The van der Waals surface area contributed by atoms with Crippen LogP contribution in [0.15, 0.2) is 53.6 Å². The molecular weight excluding hydrogens is 550 g/mol. The van der Waals surface area contributed by atoms with Crippen molar-refractivity contribution < 1.29 is 23.8 Å². The Morgan fingerprint density at radius 3 is 2.58 bits per heavy atom. The molecule has 1 atom stereocenters. The van der Waals surface area contributed by atoms with Crippen LogP contribution in [0.25, 0.3) is 22.2 Å². The Labute approximate surface area is 249 Å². The zero-order chi connectivity index (χ0) is 30.5. The zero-order valence-corrected chi connectivity index (χ0v) is 24.6. The first-order valence-electron chi connectivity index (χ1n) is 14.1. The molecule has 0 fully saturated rings. The Hall–Kier alpha value is -5.06. The standard InChI is InChI=1S/C32H35N5O6/c1-18(38)36-23-10-7-19-14-28(41-2)31(42-3)32(43-4)30(19)21-9-12-25(27(39)16-22(21)23)33-13-5-6-29(40)37-20-8-11-24-26(15-20)35-17-34-24/h8-9,11-12,14-17,23H,5-7,10,13H2,1-4H3,(H,33,39)(H,34,35)(H,36,38)(H,37,40)/t23-/m0/s1. The van der Waals surface area contributed by atoms with Crippen LogP contribution in [-0.2, 0) is 16.0 Å². The molecule has 0 spiro atoms. The number of benzene rings is 2. The molecule has 0 aliphatic heterocycles. The Morgan fingerprint density at radius 1 is 1.02 bits per heavy atom. The molecule has 11 heteroatoms. The summed E-state index contributed by atoms with van der Waals surface area (Å²) in [5.41, 5.74) is 5.70. The van der Waals surface area contributed by atoms with Gasteiger partial charge in [0.2, 0.25) is 23.0 Å². The summed E-state index contributed by atoms with van der Waals surface area (Å²) in [4.78, 5) is 45.3. The fraction of sp³-hybridized carbons (Fsp3) is 0.312. The number of H-pyrrole nitrogens is 1. The molecule has 1 heterocycles. The van der Waals surface area contributed by atoms with Gasteiger partial charge in [-0.1, -0.05) is 6.07 Å². The number of amides is 2. The van der Waals surface area contributed by atoms with Crippen LogP contribution in [-0.4, -0.2) is 49.7 Å². The number of hydrogen-bond acceptors (Lipinski definition) is 8. The number of nitrogens with zero attached hydrogens (tertiary/aromatic N) is 1. The van der Waals surface area contributed by atoms with E-state index in [9.17, 15) is 14.4 Å². The van der Waals surface area contributed by atoms with Crippen LogP contribution < -0.4 is 35.6 Å². The molecule has 4 aromatic rings. The molecule has 0 saturated carbocycles. The molecule has 0 saturated heterocycles. The van der Waals surface area contributed by atoms with E-state index < -0.39 is 0 Å². The summed E-state index contributed by atoms with van der Waals surface area (Å²) in [6, 6.07) is 12.2. The Bertz CT molecular complexity index is 1730. The lowest BCUT2D eigenvalue weighted by molar-refractivity contribution is -0.119. The summed E-state index contributed by atoms with van der Waals surface area (Å²) in [5, 5.41) is 9.10. The van der Waals surface area contributed by atoms with Crippen LogP contribution in [0.1, 0.15) is 43.4 Å². The highest BCUT2D eigenvalue weighted by atomic mass is 16.5. The number of hydrogen-bond donors (Lipinski definition) is 4. The SMILES string of the molecule is COc1cc2c(c(OC)c1OC)-c1ccc(NCCCC(=O)Nc3ccc4nc[nH]c4c3)c(=O)cc1[C@@H](NC(C)=O)CC2. The number of nitrogens with one attached hydrogen (secondary N) is 4. The van der Waals surface area contributed by atoms with Crippen molar-refractivity contribution in [1.29, 1.82) is 0 Å². The first-order chi connectivity index (χ1) is 20.8. The van der Waals surface area contributed by atoms with Gasteiger partial charge in [0.1, 0.15) is 0 Å². The van der Waals surface area contributed by atoms with E-state index in [1.807, 2.05) is 30.3 Å². The van der Waals surface area contributed by atoms with E-state index >= 15 is 0 Å². The van der Waals surface area contributed by atoms with E-state index in [0.29, 0.717) is 60.0 Å². The smallest absolute Gasteiger partial charge is 0.224 e. The van der Waals surface area contributed by atoms with Crippen LogP contribution in [0.4, 0.5) is 11.4 Å². The van der Waals surface area contributed by atoms with Crippen LogP contribution in [0, 0.1) is 0 Å². The zero-order valence-electron chi connectivity index (χ0n) is 24.6. The number of aryl methyl sites for hydroxylation is 1. The third-order valence-corrected chi connectivity index (χ3v) is 7.52. The van der Waals surface area contributed by atoms with Crippen molar-refractivity contribution >= 4 is 34.2 Å². The Morgan fingerprint density at radius 2 is 1.84 bits per heavy atom. The molecule has 224 valence electrons. The lowest BCUT2D eigenvalue weighted by Crippen LogP contribution is -2.26. The van der Waals surface area contributed by atoms with E-state index in [2.05, 4.69) is 25.9 Å². The molecule has 4 N–H and O–H groups in total. The second kappa shape index (κ2) is 12.8. The summed E-state index contributed by atoms with van der Waals surface area (Å²) >= 11 is 0. The maximum atomic E-state index is 13.4. The lowest BCUT2D eigenvalue weighted by atomic mass is 9.95. The van der Waals surface area contributed by atoms with Crippen molar-refractivity contribution in [2.24, 2.45) is 0 Å². The monoisotopic (exact) mass is 585 g/mol. The first-order valence-corrected chi connectivity index (χ1v) is 14.1.